The van der Waals surface area contributed by atoms with Crippen molar-refractivity contribution in [1.29, 1.82) is 0 Å². The van der Waals surface area contributed by atoms with Gasteiger partial charge in [0.25, 0.3) is 0 Å². The van der Waals surface area contributed by atoms with Crippen molar-refractivity contribution in [2.75, 3.05) is 11.9 Å². The van der Waals surface area contributed by atoms with E-state index in [9.17, 15) is 4.79 Å². The number of nitrogens with one attached hydrogen (secondary N) is 2. The summed E-state index contributed by atoms with van der Waals surface area (Å²) in [6.45, 7) is 4.73. The molecule has 0 aliphatic carbocycles. The van der Waals surface area contributed by atoms with Crippen molar-refractivity contribution in [3.63, 3.8) is 0 Å². The number of aryl methyl sites for hydroxylation is 2. The molecule has 0 saturated heterocycles. The normalized spacial score (nSPS) is 12.8. The van der Waals surface area contributed by atoms with E-state index in [1.807, 2.05) is 74.9 Å². The third kappa shape index (κ3) is 5.70. The molecule has 0 radical (unpaired) electrons. The van der Waals surface area contributed by atoms with Crippen LogP contribution in [0.3, 0.4) is 0 Å². The van der Waals surface area contributed by atoms with Gasteiger partial charge in [0, 0.05) is 49.0 Å². The highest BCUT2D eigenvalue weighted by molar-refractivity contribution is 5.95. The smallest absolute Gasteiger partial charge is 0.247 e. The van der Waals surface area contributed by atoms with Crippen molar-refractivity contribution in [2.45, 2.75) is 25.8 Å². The molecule has 1 aromatic carbocycles. The van der Waals surface area contributed by atoms with Gasteiger partial charge in [-0.1, -0.05) is 43.3 Å². The average Bonchev–Trinajstić information content (AvgIpc) is 3.27. The van der Waals surface area contributed by atoms with Gasteiger partial charge < -0.3 is 10.6 Å². The number of aromatic nitrogens is 4. The molecule has 1 unspecified atom stereocenters. The number of hydrogen-bond donors (Lipinski definition) is 2. The van der Waals surface area contributed by atoms with E-state index in [0.717, 1.165) is 27.9 Å². The molecule has 0 saturated carbocycles. The van der Waals surface area contributed by atoms with Crippen molar-refractivity contribution >= 4 is 11.7 Å². The maximum atomic E-state index is 13.2. The zero-order valence-corrected chi connectivity index (χ0v) is 19.1. The van der Waals surface area contributed by atoms with Crippen LogP contribution in [-0.4, -0.2) is 32.2 Å². The van der Waals surface area contributed by atoms with Crippen LogP contribution >= 0.6 is 0 Å². The number of carbonyl (C=O) groups is 1. The molecule has 0 spiro atoms. The summed E-state index contributed by atoms with van der Waals surface area (Å²) >= 11 is 0. The number of pyridine rings is 2. The number of nitrogens with zero attached hydrogens (tertiary/aromatic N) is 4. The zero-order valence-electron chi connectivity index (χ0n) is 19.1. The first-order valence-electron chi connectivity index (χ1n) is 11.0. The molecule has 0 fully saturated rings. The Kier molecular flexibility index (Phi) is 6.90. The number of benzene rings is 1. The minimum absolute atomic E-state index is 0.156. The Morgan fingerprint density at radius 2 is 1.76 bits per heavy atom. The topological polar surface area (TPSA) is 84.7 Å². The van der Waals surface area contributed by atoms with E-state index in [1.165, 1.54) is 0 Å². The lowest BCUT2D eigenvalue weighted by Gasteiger charge is -2.21. The second-order valence-corrected chi connectivity index (χ2v) is 8.21. The quantitative estimate of drug-likeness (QED) is 0.428. The van der Waals surface area contributed by atoms with Gasteiger partial charge in [-0.05, 0) is 42.2 Å². The third-order valence-electron chi connectivity index (χ3n) is 5.58. The van der Waals surface area contributed by atoms with Crippen LogP contribution in [0.5, 0.6) is 0 Å². The first-order chi connectivity index (χ1) is 16.0. The lowest BCUT2D eigenvalue weighted by atomic mass is 10.0. The van der Waals surface area contributed by atoms with E-state index in [-0.39, 0.29) is 11.8 Å². The first kappa shape index (κ1) is 22.4. The molecule has 3 heterocycles. The lowest BCUT2D eigenvalue weighted by Crippen LogP contribution is -2.35. The van der Waals surface area contributed by atoms with E-state index in [4.69, 9.17) is 0 Å². The van der Waals surface area contributed by atoms with E-state index >= 15 is 0 Å². The van der Waals surface area contributed by atoms with Crippen LogP contribution in [0.25, 0.3) is 11.1 Å². The van der Waals surface area contributed by atoms with Crippen molar-refractivity contribution in [3.8, 4) is 11.1 Å². The number of carbonyl (C=O) groups excluding carboxylic acids is 1. The van der Waals surface area contributed by atoms with Crippen LogP contribution in [0.2, 0.25) is 0 Å². The fraction of sp³-hybridized carbons (Fsp3) is 0.231. The number of hydrogen-bond acceptors (Lipinski definition) is 5. The Bertz CT molecular complexity index is 1190. The Balaban J connectivity index is 1.46. The van der Waals surface area contributed by atoms with Gasteiger partial charge in [0.15, 0.2) is 0 Å². The summed E-state index contributed by atoms with van der Waals surface area (Å²) in [5.74, 6) is 0.553. The molecule has 7 nitrogen and oxygen atoms in total. The summed E-state index contributed by atoms with van der Waals surface area (Å²) in [6.07, 6.45) is 7.35. The van der Waals surface area contributed by atoms with Crippen LogP contribution in [0.1, 0.15) is 35.7 Å². The summed E-state index contributed by atoms with van der Waals surface area (Å²) in [6, 6.07) is 17.0. The van der Waals surface area contributed by atoms with Gasteiger partial charge >= 0.3 is 0 Å². The summed E-state index contributed by atoms with van der Waals surface area (Å²) in [5.41, 5.74) is 4.94. The van der Waals surface area contributed by atoms with Gasteiger partial charge in [0.05, 0.1) is 6.20 Å². The van der Waals surface area contributed by atoms with Crippen LogP contribution in [0, 0.1) is 6.92 Å². The van der Waals surface area contributed by atoms with Gasteiger partial charge in [-0.3, -0.25) is 14.5 Å². The predicted molar refractivity (Wildman–Crippen MR) is 130 cm³/mol. The number of anilines is 1. The van der Waals surface area contributed by atoms with E-state index in [1.54, 1.807) is 17.1 Å². The maximum absolute atomic E-state index is 13.2. The minimum Gasteiger partial charge on any atom is -0.309 e. The average molecular weight is 441 g/mol. The van der Waals surface area contributed by atoms with Crippen LogP contribution in [-0.2, 0) is 11.8 Å². The van der Waals surface area contributed by atoms with Crippen molar-refractivity contribution in [1.82, 2.24) is 25.1 Å². The van der Waals surface area contributed by atoms with E-state index in [0.29, 0.717) is 12.4 Å². The van der Waals surface area contributed by atoms with Crippen molar-refractivity contribution in [3.05, 3.63) is 96.2 Å². The predicted octanol–water partition coefficient (Wildman–Crippen LogP) is 4.26. The molecule has 4 aromatic rings. The molecule has 2 N–H and O–H groups in total. The van der Waals surface area contributed by atoms with Gasteiger partial charge in [0.2, 0.25) is 5.91 Å². The Hall–Kier alpha value is -3.84. The monoisotopic (exact) mass is 440 g/mol. The molecule has 4 rings (SSSR count). The minimum atomic E-state index is -0.508. The Morgan fingerprint density at radius 1 is 0.939 bits per heavy atom. The molecule has 0 bridgehead atoms. The molecule has 7 heteroatoms. The zero-order chi connectivity index (χ0) is 23.2. The van der Waals surface area contributed by atoms with Gasteiger partial charge in [0.1, 0.15) is 11.9 Å². The Morgan fingerprint density at radius 3 is 2.39 bits per heavy atom. The van der Waals surface area contributed by atoms with Crippen molar-refractivity contribution in [2.24, 2.45) is 7.05 Å². The molecule has 168 valence electrons. The van der Waals surface area contributed by atoms with Crippen molar-refractivity contribution < 1.29 is 4.79 Å². The Labute approximate surface area is 193 Å². The summed E-state index contributed by atoms with van der Waals surface area (Å²) in [7, 11) is 1.87. The molecule has 2 atom stereocenters. The van der Waals surface area contributed by atoms with E-state index < -0.39 is 6.04 Å². The molecule has 3 aromatic heterocycles. The SMILES string of the molecule is Cc1ccc(C(C)CN[C@H](C(=O)Nc2ccc(-c3cnn(C)c3)cn2)c2ccccc2)cn1. The number of rotatable bonds is 8. The van der Waals surface area contributed by atoms with Gasteiger partial charge in [-0.2, -0.15) is 5.10 Å². The largest absolute Gasteiger partial charge is 0.309 e. The van der Waals surface area contributed by atoms with Crippen LogP contribution < -0.4 is 10.6 Å². The standard InChI is InChI=1S/C26H28N6O/c1-18(21-10-9-19(2)27-14-21)13-29-25(20-7-5-4-6-8-20)26(33)31-24-12-11-22(15-28-24)23-16-30-32(3)17-23/h4-12,14-18,25,29H,13H2,1-3H3,(H,28,31,33)/t18?,25-/m0/s1. The van der Waals surface area contributed by atoms with Gasteiger partial charge in [-0.15, -0.1) is 0 Å². The second kappa shape index (κ2) is 10.2. The molecule has 1 amide bonds. The van der Waals surface area contributed by atoms with E-state index in [2.05, 4.69) is 38.7 Å². The fourth-order valence-electron chi connectivity index (χ4n) is 3.60. The lowest BCUT2D eigenvalue weighted by molar-refractivity contribution is -0.118. The first-order valence-corrected chi connectivity index (χ1v) is 11.0. The highest BCUT2D eigenvalue weighted by Gasteiger charge is 2.22. The highest BCUT2D eigenvalue weighted by atomic mass is 16.2. The summed E-state index contributed by atoms with van der Waals surface area (Å²) in [4.78, 5) is 22.0. The van der Waals surface area contributed by atoms with Crippen LogP contribution in [0.4, 0.5) is 5.82 Å². The summed E-state index contributed by atoms with van der Waals surface area (Å²) < 4.78 is 1.74. The maximum Gasteiger partial charge on any atom is 0.247 e. The fourth-order valence-corrected chi connectivity index (χ4v) is 3.60. The van der Waals surface area contributed by atoms with Gasteiger partial charge in [-0.25, -0.2) is 4.98 Å². The molecule has 0 aliphatic heterocycles. The second-order valence-electron chi connectivity index (χ2n) is 8.21. The number of amides is 1. The molecule has 0 aliphatic rings. The highest BCUT2D eigenvalue weighted by Crippen LogP contribution is 2.21. The molecular weight excluding hydrogens is 412 g/mol. The third-order valence-corrected chi connectivity index (χ3v) is 5.58. The molecular formula is C26H28N6O. The molecule has 33 heavy (non-hydrogen) atoms. The van der Waals surface area contributed by atoms with Crippen LogP contribution in [0.15, 0.2) is 79.4 Å². The summed E-state index contributed by atoms with van der Waals surface area (Å²) in [5, 5.41) is 10.6.